The molecule has 3 aromatic carbocycles. The van der Waals surface area contributed by atoms with Crippen LogP contribution in [0.5, 0.6) is 11.5 Å². The fraction of sp³-hybridized carbons (Fsp3) is 0.345. The van der Waals surface area contributed by atoms with Crippen LogP contribution in [0.25, 0.3) is 0 Å². The number of hydrogen-bond acceptors (Lipinski definition) is 4. The molecule has 2 amide bonds. The molecule has 3 aromatic rings. The number of halogens is 1. The van der Waals surface area contributed by atoms with Crippen molar-refractivity contribution in [3.63, 3.8) is 0 Å². The Balaban J connectivity index is 1.17. The molecule has 36 heavy (non-hydrogen) atoms. The summed E-state index contributed by atoms with van der Waals surface area (Å²) in [7, 11) is 0. The molecule has 0 radical (unpaired) electrons. The van der Waals surface area contributed by atoms with Crippen molar-refractivity contribution < 1.29 is 18.7 Å². The third kappa shape index (κ3) is 6.34. The smallest absolute Gasteiger partial charge is 0.319 e. The van der Waals surface area contributed by atoms with Gasteiger partial charge in [0.25, 0.3) is 0 Å². The van der Waals surface area contributed by atoms with E-state index in [0.29, 0.717) is 30.4 Å². The summed E-state index contributed by atoms with van der Waals surface area (Å²) < 4.78 is 24.2. The highest BCUT2D eigenvalue weighted by molar-refractivity contribution is 5.90. The quantitative estimate of drug-likeness (QED) is 0.446. The predicted molar refractivity (Wildman–Crippen MR) is 138 cm³/mol. The number of nitrogens with zero attached hydrogens (tertiary/aromatic N) is 1. The Labute approximate surface area is 211 Å². The van der Waals surface area contributed by atoms with Gasteiger partial charge < -0.3 is 20.1 Å². The first-order valence-corrected chi connectivity index (χ1v) is 12.6. The zero-order valence-corrected chi connectivity index (χ0v) is 20.3. The Morgan fingerprint density at radius 1 is 0.944 bits per heavy atom. The normalized spacial score (nSPS) is 15.6. The molecule has 0 unspecified atom stereocenters. The number of anilines is 1. The maximum absolute atomic E-state index is 13.1. The van der Waals surface area contributed by atoms with Gasteiger partial charge in [-0.3, -0.25) is 4.90 Å². The molecule has 2 N–H and O–H groups in total. The molecule has 0 aromatic heterocycles. The first-order valence-electron chi connectivity index (χ1n) is 12.6. The van der Waals surface area contributed by atoms with Gasteiger partial charge in [0.15, 0.2) is 11.5 Å². The number of ether oxygens (including phenoxy) is 2. The molecule has 188 valence electrons. The van der Waals surface area contributed by atoms with Gasteiger partial charge in [0.2, 0.25) is 6.79 Å². The van der Waals surface area contributed by atoms with E-state index in [0.717, 1.165) is 55.7 Å². The molecule has 0 saturated carbocycles. The Kier molecular flexibility index (Phi) is 7.67. The monoisotopic (exact) mass is 489 g/mol. The molecule has 6 nitrogen and oxygen atoms in total. The van der Waals surface area contributed by atoms with Crippen molar-refractivity contribution in [2.45, 2.75) is 32.2 Å². The van der Waals surface area contributed by atoms with Crippen LogP contribution in [0.2, 0.25) is 0 Å². The van der Waals surface area contributed by atoms with E-state index < -0.39 is 0 Å². The number of likely N-dealkylation sites (tertiary alicyclic amines) is 1. The molecular weight excluding hydrogens is 457 g/mol. The van der Waals surface area contributed by atoms with Gasteiger partial charge in [0.05, 0.1) is 5.69 Å². The van der Waals surface area contributed by atoms with E-state index in [2.05, 4.69) is 45.9 Å². The topological polar surface area (TPSA) is 62.8 Å². The zero-order chi connectivity index (χ0) is 24.7. The summed E-state index contributed by atoms with van der Waals surface area (Å²) in [5, 5.41) is 5.89. The molecule has 7 heteroatoms. The number of urea groups is 1. The highest BCUT2D eigenvalue weighted by Crippen LogP contribution is 2.38. The van der Waals surface area contributed by atoms with E-state index in [1.165, 1.54) is 17.7 Å². The summed E-state index contributed by atoms with van der Waals surface area (Å²) >= 11 is 0. The average molecular weight is 490 g/mol. The first kappa shape index (κ1) is 24.1. The minimum atomic E-state index is -0.279. The van der Waals surface area contributed by atoms with Gasteiger partial charge in [0.1, 0.15) is 5.82 Å². The average Bonchev–Trinajstić information content (AvgIpc) is 3.34. The van der Waals surface area contributed by atoms with Crippen molar-refractivity contribution >= 4 is 11.7 Å². The van der Waals surface area contributed by atoms with Crippen molar-refractivity contribution in [2.75, 3.05) is 31.7 Å². The molecular formula is C29H32FN3O3. The number of carbonyl (C=O) groups excluding carboxylic acids is 1. The number of fused-ring (bicyclic) bond motifs is 1. The number of piperidine rings is 1. The molecule has 2 heterocycles. The van der Waals surface area contributed by atoms with E-state index >= 15 is 0 Å². The van der Waals surface area contributed by atoms with Gasteiger partial charge in [-0.15, -0.1) is 0 Å². The van der Waals surface area contributed by atoms with E-state index in [-0.39, 0.29) is 18.6 Å². The molecule has 0 bridgehead atoms. The van der Waals surface area contributed by atoms with Crippen molar-refractivity contribution in [1.29, 1.82) is 0 Å². The van der Waals surface area contributed by atoms with Gasteiger partial charge in [-0.05, 0) is 79.6 Å². The van der Waals surface area contributed by atoms with Crippen molar-refractivity contribution in [3.05, 3.63) is 89.2 Å². The highest BCUT2D eigenvalue weighted by atomic mass is 19.1. The highest BCUT2D eigenvalue weighted by Gasteiger charge is 2.23. The Morgan fingerprint density at radius 2 is 1.67 bits per heavy atom. The summed E-state index contributed by atoms with van der Waals surface area (Å²) in [4.78, 5) is 15.1. The van der Waals surface area contributed by atoms with Crippen LogP contribution in [-0.2, 0) is 19.4 Å². The molecule has 0 spiro atoms. The van der Waals surface area contributed by atoms with Crippen LogP contribution < -0.4 is 20.1 Å². The van der Waals surface area contributed by atoms with Gasteiger partial charge in [-0.25, -0.2) is 9.18 Å². The maximum Gasteiger partial charge on any atom is 0.319 e. The lowest BCUT2D eigenvalue weighted by molar-refractivity contribution is 0.172. The lowest BCUT2D eigenvalue weighted by Gasteiger charge is -2.32. The second kappa shape index (κ2) is 11.4. The Hall–Kier alpha value is -3.58. The summed E-state index contributed by atoms with van der Waals surface area (Å²) in [6, 6.07) is 20.6. The number of nitrogens with one attached hydrogen (secondary N) is 2. The summed E-state index contributed by atoms with van der Waals surface area (Å²) in [5.41, 5.74) is 4.11. The SMILES string of the molecule is O=C(NCCc1ccc(F)cc1)Nc1cc2c(cc1CN1CCC(Cc3ccccc3)CC1)OCO2. The van der Waals surface area contributed by atoms with Crippen LogP contribution >= 0.6 is 0 Å². The minimum Gasteiger partial charge on any atom is -0.454 e. The molecule has 2 aliphatic heterocycles. The lowest BCUT2D eigenvalue weighted by atomic mass is 9.90. The third-order valence-corrected chi connectivity index (χ3v) is 6.93. The molecule has 1 saturated heterocycles. The van der Waals surface area contributed by atoms with Crippen molar-refractivity contribution in [3.8, 4) is 11.5 Å². The summed E-state index contributed by atoms with van der Waals surface area (Å²) in [6.07, 6.45) is 4.07. The van der Waals surface area contributed by atoms with Crippen LogP contribution in [0, 0.1) is 11.7 Å². The van der Waals surface area contributed by atoms with E-state index in [4.69, 9.17) is 9.47 Å². The Morgan fingerprint density at radius 3 is 2.42 bits per heavy atom. The van der Waals surface area contributed by atoms with E-state index in [9.17, 15) is 9.18 Å². The van der Waals surface area contributed by atoms with Crippen LogP contribution in [0.4, 0.5) is 14.9 Å². The second-order valence-corrected chi connectivity index (χ2v) is 9.53. The molecule has 0 aliphatic carbocycles. The largest absolute Gasteiger partial charge is 0.454 e. The first-order chi connectivity index (χ1) is 17.6. The summed E-state index contributed by atoms with van der Waals surface area (Å²) in [6.45, 7) is 3.42. The fourth-order valence-electron chi connectivity index (χ4n) is 4.91. The van der Waals surface area contributed by atoms with E-state index in [1.807, 2.05) is 12.1 Å². The second-order valence-electron chi connectivity index (χ2n) is 9.53. The standard InChI is InChI=1S/C29H32FN3O3/c30-25-8-6-21(7-9-25)10-13-31-29(34)32-26-18-28-27(35-20-36-28)17-24(26)19-33-14-11-23(12-15-33)16-22-4-2-1-3-5-22/h1-9,17-18,23H,10-16,19-20H2,(H2,31,32,34). The van der Waals surface area contributed by atoms with Gasteiger partial charge in [-0.1, -0.05) is 42.5 Å². The summed E-state index contributed by atoms with van der Waals surface area (Å²) in [5.74, 6) is 1.79. The molecule has 0 atom stereocenters. The minimum absolute atomic E-state index is 0.187. The zero-order valence-electron chi connectivity index (χ0n) is 20.3. The number of carbonyl (C=O) groups is 1. The van der Waals surface area contributed by atoms with Gasteiger partial charge >= 0.3 is 6.03 Å². The molecule has 5 rings (SSSR count). The van der Waals surface area contributed by atoms with E-state index in [1.54, 1.807) is 12.1 Å². The van der Waals surface area contributed by atoms with Crippen LogP contribution in [-0.4, -0.2) is 37.4 Å². The number of hydrogen-bond donors (Lipinski definition) is 2. The third-order valence-electron chi connectivity index (χ3n) is 6.93. The van der Waals surface area contributed by atoms with Crippen molar-refractivity contribution in [2.24, 2.45) is 5.92 Å². The van der Waals surface area contributed by atoms with Crippen LogP contribution in [0.15, 0.2) is 66.7 Å². The molecule has 2 aliphatic rings. The fourth-order valence-corrected chi connectivity index (χ4v) is 4.91. The number of benzene rings is 3. The van der Waals surface area contributed by atoms with Gasteiger partial charge in [0, 0.05) is 19.2 Å². The Bertz CT molecular complexity index is 1160. The predicted octanol–water partition coefficient (Wildman–Crippen LogP) is 5.37. The van der Waals surface area contributed by atoms with Gasteiger partial charge in [-0.2, -0.15) is 0 Å². The van der Waals surface area contributed by atoms with Crippen LogP contribution in [0.1, 0.15) is 29.5 Å². The van der Waals surface area contributed by atoms with Crippen molar-refractivity contribution in [1.82, 2.24) is 10.2 Å². The maximum atomic E-state index is 13.1. The number of amides is 2. The lowest BCUT2D eigenvalue weighted by Crippen LogP contribution is -2.34. The molecule has 1 fully saturated rings. The van der Waals surface area contributed by atoms with Crippen LogP contribution in [0.3, 0.4) is 0 Å². The number of rotatable bonds is 8.